The first-order valence-electron chi connectivity index (χ1n) is 9.93. The van der Waals surface area contributed by atoms with Gasteiger partial charge in [0.1, 0.15) is 0 Å². The minimum absolute atomic E-state index is 0.105. The van der Waals surface area contributed by atoms with Crippen molar-refractivity contribution in [3.05, 3.63) is 42.1 Å². The fraction of sp³-hybridized carbons (Fsp3) is 0.409. The summed E-state index contributed by atoms with van der Waals surface area (Å²) in [6, 6.07) is 9.69. The molecule has 1 aliphatic rings. The van der Waals surface area contributed by atoms with Gasteiger partial charge in [0.2, 0.25) is 11.8 Å². The third-order valence-electron chi connectivity index (χ3n) is 5.51. The van der Waals surface area contributed by atoms with Gasteiger partial charge in [-0.15, -0.1) is 5.10 Å². The molecule has 1 aromatic carbocycles. The Bertz CT molecular complexity index is 989. The lowest BCUT2D eigenvalue weighted by Gasteiger charge is -2.21. The smallest absolute Gasteiger partial charge is 0.231 e. The standard InChI is InChI=1S/C22H26N4O2/c1-15-8-9-17(19-14-26-20(23-19)10-11-22(25-26)28-2)13-18(15)24-21(27)12-16-6-4-3-5-7-16/h8-11,13-14,16H,3-7,12H2,1-2H3,(H,24,27). The molecule has 1 aliphatic carbocycles. The van der Waals surface area contributed by atoms with E-state index in [0.717, 1.165) is 28.2 Å². The molecule has 146 valence electrons. The molecule has 0 radical (unpaired) electrons. The van der Waals surface area contributed by atoms with Crippen LogP contribution in [-0.2, 0) is 4.79 Å². The molecular weight excluding hydrogens is 352 g/mol. The number of nitrogens with one attached hydrogen (secondary N) is 1. The summed E-state index contributed by atoms with van der Waals surface area (Å²) in [5.41, 5.74) is 4.40. The highest BCUT2D eigenvalue weighted by Gasteiger charge is 2.18. The quantitative estimate of drug-likeness (QED) is 0.703. The molecular formula is C22H26N4O2. The number of methoxy groups -OCH3 is 1. The Balaban J connectivity index is 1.54. The summed E-state index contributed by atoms with van der Waals surface area (Å²) in [6.45, 7) is 2.01. The van der Waals surface area contributed by atoms with Crippen molar-refractivity contribution in [3.63, 3.8) is 0 Å². The molecule has 1 fully saturated rings. The first kappa shape index (κ1) is 18.5. The Morgan fingerprint density at radius 1 is 1.21 bits per heavy atom. The molecule has 1 N–H and O–H groups in total. The number of hydrogen-bond donors (Lipinski definition) is 1. The molecule has 4 rings (SSSR count). The number of rotatable bonds is 5. The molecule has 0 atom stereocenters. The van der Waals surface area contributed by atoms with Crippen LogP contribution < -0.4 is 10.1 Å². The van der Waals surface area contributed by atoms with Crippen molar-refractivity contribution in [3.8, 4) is 17.1 Å². The lowest BCUT2D eigenvalue weighted by Crippen LogP contribution is -2.18. The second-order valence-corrected chi connectivity index (χ2v) is 7.59. The van der Waals surface area contributed by atoms with Gasteiger partial charge in [-0.05, 0) is 43.4 Å². The van der Waals surface area contributed by atoms with Crippen molar-refractivity contribution in [2.45, 2.75) is 45.4 Å². The van der Waals surface area contributed by atoms with Crippen molar-refractivity contribution in [1.29, 1.82) is 0 Å². The van der Waals surface area contributed by atoms with Crippen LogP contribution in [0.1, 0.15) is 44.1 Å². The van der Waals surface area contributed by atoms with E-state index in [9.17, 15) is 4.79 Å². The number of ether oxygens (including phenoxy) is 1. The molecule has 3 aromatic rings. The van der Waals surface area contributed by atoms with E-state index < -0.39 is 0 Å². The van der Waals surface area contributed by atoms with Gasteiger partial charge in [-0.25, -0.2) is 9.50 Å². The predicted molar refractivity (Wildman–Crippen MR) is 110 cm³/mol. The van der Waals surface area contributed by atoms with Crippen molar-refractivity contribution in [2.24, 2.45) is 5.92 Å². The molecule has 6 nitrogen and oxygen atoms in total. The highest BCUT2D eigenvalue weighted by molar-refractivity contribution is 5.92. The average Bonchev–Trinajstić information content (AvgIpc) is 3.13. The summed E-state index contributed by atoms with van der Waals surface area (Å²) in [4.78, 5) is 17.2. The zero-order valence-corrected chi connectivity index (χ0v) is 16.4. The van der Waals surface area contributed by atoms with Gasteiger partial charge in [0.15, 0.2) is 5.65 Å². The number of benzene rings is 1. The normalized spacial score (nSPS) is 14.9. The number of carbonyl (C=O) groups excluding carboxylic acids is 1. The van der Waals surface area contributed by atoms with E-state index in [1.54, 1.807) is 17.7 Å². The van der Waals surface area contributed by atoms with Gasteiger partial charge in [0.25, 0.3) is 0 Å². The van der Waals surface area contributed by atoms with Crippen molar-refractivity contribution < 1.29 is 9.53 Å². The van der Waals surface area contributed by atoms with Crippen LogP contribution >= 0.6 is 0 Å². The predicted octanol–water partition coefficient (Wildman–Crippen LogP) is 4.62. The minimum atomic E-state index is 0.105. The zero-order chi connectivity index (χ0) is 19.5. The lowest BCUT2D eigenvalue weighted by molar-refractivity contribution is -0.117. The Morgan fingerprint density at radius 3 is 2.82 bits per heavy atom. The first-order chi connectivity index (χ1) is 13.6. The van der Waals surface area contributed by atoms with Crippen LogP contribution in [-0.4, -0.2) is 27.6 Å². The summed E-state index contributed by atoms with van der Waals surface area (Å²) >= 11 is 0. The highest BCUT2D eigenvalue weighted by Crippen LogP contribution is 2.28. The molecule has 1 saturated carbocycles. The molecule has 1 amide bonds. The first-order valence-corrected chi connectivity index (χ1v) is 9.93. The number of aromatic nitrogens is 3. The van der Waals surface area contributed by atoms with Gasteiger partial charge in [-0.2, -0.15) is 0 Å². The molecule has 0 spiro atoms. The van der Waals surface area contributed by atoms with E-state index in [1.807, 2.05) is 37.4 Å². The number of amides is 1. The van der Waals surface area contributed by atoms with E-state index in [1.165, 1.54) is 32.1 Å². The van der Waals surface area contributed by atoms with E-state index in [-0.39, 0.29) is 5.91 Å². The second-order valence-electron chi connectivity index (χ2n) is 7.59. The maximum Gasteiger partial charge on any atom is 0.231 e. The number of aryl methyl sites for hydroxylation is 1. The van der Waals surface area contributed by atoms with E-state index in [4.69, 9.17) is 4.74 Å². The van der Waals surface area contributed by atoms with Gasteiger partial charge in [-0.1, -0.05) is 31.4 Å². The van der Waals surface area contributed by atoms with Crippen molar-refractivity contribution in [2.75, 3.05) is 12.4 Å². The maximum absolute atomic E-state index is 12.5. The third kappa shape index (κ3) is 4.01. The molecule has 2 aromatic heterocycles. The number of carbonyl (C=O) groups is 1. The largest absolute Gasteiger partial charge is 0.480 e. The fourth-order valence-electron chi connectivity index (χ4n) is 3.88. The molecule has 2 heterocycles. The van der Waals surface area contributed by atoms with Crippen LogP contribution in [0.2, 0.25) is 0 Å². The molecule has 6 heteroatoms. The Kier molecular flexibility index (Phi) is 5.28. The number of fused-ring (bicyclic) bond motifs is 1. The van der Waals surface area contributed by atoms with Crippen LogP contribution in [0.25, 0.3) is 16.9 Å². The summed E-state index contributed by atoms with van der Waals surface area (Å²) in [5.74, 6) is 1.17. The fourth-order valence-corrected chi connectivity index (χ4v) is 3.88. The summed E-state index contributed by atoms with van der Waals surface area (Å²) < 4.78 is 6.87. The van der Waals surface area contributed by atoms with E-state index >= 15 is 0 Å². The van der Waals surface area contributed by atoms with Crippen molar-refractivity contribution in [1.82, 2.24) is 14.6 Å². The van der Waals surface area contributed by atoms with Crippen LogP contribution in [0.4, 0.5) is 5.69 Å². The van der Waals surface area contributed by atoms with Gasteiger partial charge in [0.05, 0.1) is 19.0 Å². The van der Waals surface area contributed by atoms with E-state index in [2.05, 4.69) is 15.4 Å². The van der Waals surface area contributed by atoms with Gasteiger partial charge < -0.3 is 10.1 Å². The summed E-state index contributed by atoms with van der Waals surface area (Å²) in [7, 11) is 1.59. The lowest BCUT2D eigenvalue weighted by atomic mass is 9.87. The zero-order valence-electron chi connectivity index (χ0n) is 16.4. The Morgan fingerprint density at radius 2 is 2.04 bits per heavy atom. The monoisotopic (exact) mass is 378 g/mol. The molecule has 0 bridgehead atoms. The topological polar surface area (TPSA) is 68.5 Å². The molecule has 0 saturated heterocycles. The maximum atomic E-state index is 12.5. The van der Waals surface area contributed by atoms with Crippen molar-refractivity contribution >= 4 is 17.2 Å². The van der Waals surface area contributed by atoms with Crippen LogP contribution in [0.3, 0.4) is 0 Å². The summed E-state index contributed by atoms with van der Waals surface area (Å²) in [5, 5.41) is 7.47. The SMILES string of the molecule is COc1ccc2nc(-c3ccc(C)c(NC(=O)CC4CCCCC4)c3)cn2n1. The van der Waals surface area contributed by atoms with Crippen LogP contribution in [0, 0.1) is 12.8 Å². The molecule has 28 heavy (non-hydrogen) atoms. The van der Waals surface area contributed by atoms with Gasteiger partial charge in [-0.3, -0.25) is 4.79 Å². The number of hydrogen-bond acceptors (Lipinski definition) is 4. The van der Waals surface area contributed by atoms with Crippen LogP contribution in [0.15, 0.2) is 36.5 Å². The minimum Gasteiger partial charge on any atom is -0.480 e. The summed E-state index contributed by atoms with van der Waals surface area (Å²) in [6.07, 6.45) is 8.63. The number of nitrogens with zero attached hydrogens (tertiary/aromatic N) is 3. The van der Waals surface area contributed by atoms with E-state index in [0.29, 0.717) is 18.2 Å². The Hall–Kier alpha value is -2.89. The number of imidazole rings is 1. The highest BCUT2D eigenvalue weighted by atomic mass is 16.5. The molecule has 0 unspecified atom stereocenters. The molecule has 0 aliphatic heterocycles. The van der Waals surface area contributed by atoms with Gasteiger partial charge in [0, 0.05) is 23.7 Å². The van der Waals surface area contributed by atoms with Gasteiger partial charge >= 0.3 is 0 Å². The number of anilines is 1. The third-order valence-corrected chi connectivity index (χ3v) is 5.51. The second kappa shape index (κ2) is 8.00. The average molecular weight is 378 g/mol. The Labute approximate surface area is 164 Å². The van der Waals surface area contributed by atoms with Crippen LogP contribution in [0.5, 0.6) is 5.88 Å².